The Kier molecular flexibility index (Phi) is 4.80. The summed E-state index contributed by atoms with van der Waals surface area (Å²) in [5.74, 6) is 0.885. The molecule has 0 fully saturated rings. The molecule has 0 aliphatic rings. The van der Waals surface area contributed by atoms with Gasteiger partial charge in [0.25, 0.3) is 0 Å². The van der Waals surface area contributed by atoms with Crippen LogP contribution in [0.25, 0.3) is 0 Å². The molecule has 0 aliphatic carbocycles. The Balaban J connectivity index is 2.20. The first-order valence-electron chi connectivity index (χ1n) is 5.92. The van der Waals surface area contributed by atoms with Gasteiger partial charge in [-0.25, -0.2) is 0 Å². The Bertz CT molecular complexity index is 512. The fourth-order valence-electron chi connectivity index (χ4n) is 1.71. The predicted molar refractivity (Wildman–Crippen MR) is 80.3 cm³/mol. The van der Waals surface area contributed by atoms with Gasteiger partial charge in [-0.3, -0.25) is 0 Å². The standard InChI is InChI=1S/C14H16BrNOS/c1-2-6-17-11-5-3-4-10(7-11)14(16)12-8-18-9-13(12)15/h3-5,7-9,14H,2,6,16H2,1H3. The number of hydrogen-bond acceptors (Lipinski definition) is 3. The lowest BCUT2D eigenvalue weighted by Crippen LogP contribution is -2.11. The zero-order valence-corrected chi connectivity index (χ0v) is 12.6. The molecular weight excluding hydrogens is 310 g/mol. The van der Waals surface area contributed by atoms with E-state index in [1.54, 1.807) is 11.3 Å². The first-order chi connectivity index (χ1) is 8.72. The summed E-state index contributed by atoms with van der Waals surface area (Å²) in [6.45, 7) is 2.83. The fourth-order valence-corrected chi connectivity index (χ4v) is 3.29. The Morgan fingerprint density at radius 2 is 2.22 bits per heavy atom. The van der Waals surface area contributed by atoms with Crippen molar-refractivity contribution >= 4 is 27.3 Å². The molecule has 0 saturated carbocycles. The van der Waals surface area contributed by atoms with Crippen LogP contribution >= 0.6 is 27.3 Å². The highest BCUT2D eigenvalue weighted by molar-refractivity contribution is 9.10. The summed E-state index contributed by atoms with van der Waals surface area (Å²) in [4.78, 5) is 0. The molecule has 4 heteroatoms. The highest BCUT2D eigenvalue weighted by Crippen LogP contribution is 2.31. The van der Waals surface area contributed by atoms with Crippen molar-refractivity contribution in [3.63, 3.8) is 0 Å². The van der Waals surface area contributed by atoms with Gasteiger partial charge in [-0.2, -0.15) is 11.3 Å². The summed E-state index contributed by atoms with van der Waals surface area (Å²) in [6.07, 6.45) is 1.01. The molecule has 1 atom stereocenters. The maximum atomic E-state index is 6.28. The van der Waals surface area contributed by atoms with Gasteiger partial charge in [0.15, 0.2) is 0 Å². The van der Waals surface area contributed by atoms with Crippen LogP contribution in [0.3, 0.4) is 0 Å². The van der Waals surface area contributed by atoms with E-state index in [0.717, 1.165) is 34.4 Å². The molecule has 96 valence electrons. The molecule has 1 aromatic heterocycles. The highest BCUT2D eigenvalue weighted by Gasteiger charge is 2.13. The highest BCUT2D eigenvalue weighted by atomic mass is 79.9. The van der Waals surface area contributed by atoms with Crippen molar-refractivity contribution < 1.29 is 4.74 Å². The topological polar surface area (TPSA) is 35.2 Å². The number of benzene rings is 1. The van der Waals surface area contributed by atoms with Crippen LogP contribution in [0.5, 0.6) is 5.75 Å². The van der Waals surface area contributed by atoms with Crippen molar-refractivity contribution in [2.75, 3.05) is 6.61 Å². The van der Waals surface area contributed by atoms with Crippen LogP contribution in [0.15, 0.2) is 39.5 Å². The van der Waals surface area contributed by atoms with E-state index in [1.165, 1.54) is 0 Å². The van der Waals surface area contributed by atoms with Crippen molar-refractivity contribution in [2.24, 2.45) is 5.73 Å². The Labute approximate surface area is 120 Å². The van der Waals surface area contributed by atoms with Gasteiger partial charge in [0.05, 0.1) is 12.6 Å². The van der Waals surface area contributed by atoms with Crippen molar-refractivity contribution in [2.45, 2.75) is 19.4 Å². The first kappa shape index (κ1) is 13.6. The third-order valence-electron chi connectivity index (χ3n) is 2.67. The van der Waals surface area contributed by atoms with Gasteiger partial charge in [-0.15, -0.1) is 0 Å². The van der Waals surface area contributed by atoms with Gasteiger partial charge in [-0.05, 0) is 51.0 Å². The maximum Gasteiger partial charge on any atom is 0.119 e. The monoisotopic (exact) mass is 325 g/mol. The van der Waals surface area contributed by atoms with Crippen LogP contribution in [0.4, 0.5) is 0 Å². The zero-order chi connectivity index (χ0) is 13.0. The molecule has 18 heavy (non-hydrogen) atoms. The molecule has 1 unspecified atom stereocenters. The average Bonchev–Trinajstić information content (AvgIpc) is 2.82. The van der Waals surface area contributed by atoms with Crippen molar-refractivity contribution in [3.05, 3.63) is 50.6 Å². The Morgan fingerprint density at radius 3 is 2.89 bits per heavy atom. The van der Waals surface area contributed by atoms with Gasteiger partial charge in [0, 0.05) is 9.85 Å². The molecule has 2 rings (SSSR count). The van der Waals surface area contributed by atoms with E-state index >= 15 is 0 Å². The lowest BCUT2D eigenvalue weighted by atomic mass is 10.0. The third-order valence-corrected chi connectivity index (χ3v) is 4.42. The van der Waals surface area contributed by atoms with E-state index in [1.807, 2.05) is 29.6 Å². The van der Waals surface area contributed by atoms with E-state index in [4.69, 9.17) is 10.5 Å². The second-order valence-electron chi connectivity index (χ2n) is 4.07. The molecule has 1 aromatic carbocycles. The predicted octanol–water partition coefficient (Wildman–Crippen LogP) is 4.35. The van der Waals surface area contributed by atoms with Crippen LogP contribution in [-0.2, 0) is 0 Å². The van der Waals surface area contributed by atoms with Crippen LogP contribution in [0.2, 0.25) is 0 Å². The second-order valence-corrected chi connectivity index (χ2v) is 5.67. The number of thiophene rings is 1. The summed E-state index contributed by atoms with van der Waals surface area (Å²) in [6, 6.07) is 7.89. The van der Waals surface area contributed by atoms with Crippen LogP contribution in [-0.4, -0.2) is 6.61 Å². The minimum absolute atomic E-state index is 0.115. The van der Waals surface area contributed by atoms with Crippen molar-refractivity contribution in [3.8, 4) is 5.75 Å². The maximum absolute atomic E-state index is 6.28. The average molecular weight is 326 g/mol. The molecular formula is C14H16BrNOS. The van der Waals surface area contributed by atoms with E-state index in [0.29, 0.717) is 0 Å². The minimum Gasteiger partial charge on any atom is -0.494 e. The Hall–Kier alpha value is -0.840. The van der Waals surface area contributed by atoms with E-state index in [9.17, 15) is 0 Å². The summed E-state index contributed by atoms with van der Waals surface area (Å²) in [5.41, 5.74) is 8.47. The molecule has 0 spiro atoms. The number of hydrogen-bond donors (Lipinski definition) is 1. The molecule has 2 N–H and O–H groups in total. The van der Waals surface area contributed by atoms with Gasteiger partial charge in [-0.1, -0.05) is 19.1 Å². The number of nitrogens with two attached hydrogens (primary N) is 1. The SMILES string of the molecule is CCCOc1cccc(C(N)c2cscc2Br)c1. The van der Waals surface area contributed by atoms with E-state index < -0.39 is 0 Å². The lowest BCUT2D eigenvalue weighted by Gasteiger charge is -2.13. The normalized spacial score (nSPS) is 12.4. The summed E-state index contributed by atoms with van der Waals surface area (Å²) < 4.78 is 6.70. The number of halogens is 1. The minimum atomic E-state index is -0.115. The van der Waals surface area contributed by atoms with Crippen LogP contribution < -0.4 is 10.5 Å². The summed E-state index contributed by atoms with van der Waals surface area (Å²) >= 11 is 5.17. The van der Waals surface area contributed by atoms with Gasteiger partial charge >= 0.3 is 0 Å². The molecule has 2 aromatic rings. The molecule has 0 radical (unpaired) electrons. The zero-order valence-electron chi connectivity index (χ0n) is 10.2. The second kappa shape index (κ2) is 6.36. The summed E-state index contributed by atoms with van der Waals surface area (Å²) in [7, 11) is 0. The quantitative estimate of drug-likeness (QED) is 0.887. The van der Waals surface area contributed by atoms with Gasteiger partial charge in [0.1, 0.15) is 5.75 Å². The fraction of sp³-hybridized carbons (Fsp3) is 0.286. The third kappa shape index (κ3) is 3.13. The summed E-state index contributed by atoms with van der Waals surface area (Å²) in [5, 5.41) is 4.13. The number of ether oxygens (including phenoxy) is 1. The molecule has 0 bridgehead atoms. The first-order valence-corrected chi connectivity index (χ1v) is 7.66. The molecule has 0 aliphatic heterocycles. The van der Waals surface area contributed by atoms with Crippen LogP contribution in [0, 0.1) is 0 Å². The van der Waals surface area contributed by atoms with E-state index in [2.05, 4.69) is 28.2 Å². The Morgan fingerprint density at radius 1 is 1.39 bits per heavy atom. The number of rotatable bonds is 5. The molecule has 1 heterocycles. The molecule has 0 amide bonds. The van der Waals surface area contributed by atoms with Crippen molar-refractivity contribution in [1.29, 1.82) is 0 Å². The van der Waals surface area contributed by atoms with Gasteiger partial charge in [0.2, 0.25) is 0 Å². The smallest absolute Gasteiger partial charge is 0.119 e. The van der Waals surface area contributed by atoms with Gasteiger partial charge < -0.3 is 10.5 Å². The largest absolute Gasteiger partial charge is 0.494 e. The lowest BCUT2D eigenvalue weighted by molar-refractivity contribution is 0.317. The van der Waals surface area contributed by atoms with Crippen LogP contribution in [0.1, 0.15) is 30.5 Å². The molecule has 2 nitrogen and oxygen atoms in total. The van der Waals surface area contributed by atoms with Crippen molar-refractivity contribution in [1.82, 2.24) is 0 Å². The molecule has 0 saturated heterocycles. The van der Waals surface area contributed by atoms with E-state index in [-0.39, 0.29) is 6.04 Å².